The molecule has 1 aliphatic carbocycles. The van der Waals surface area contributed by atoms with Crippen molar-refractivity contribution < 1.29 is 0 Å². The standard InChI is InChI=1S/C22H14Br2/c23-21(16-11-5-2-6-12-16)20-17-13-7-8-14-18(17)22(24)19(20)15-9-3-1-4-10-15/h1-14H. The second-order valence-electron chi connectivity index (χ2n) is 5.66. The van der Waals surface area contributed by atoms with E-state index in [0.717, 1.165) is 8.96 Å². The summed E-state index contributed by atoms with van der Waals surface area (Å²) in [6, 6.07) is 29.5. The maximum atomic E-state index is 3.87. The van der Waals surface area contributed by atoms with E-state index in [9.17, 15) is 0 Å². The molecule has 0 aliphatic heterocycles. The van der Waals surface area contributed by atoms with Crippen molar-refractivity contribution in [3.8, 4) is 0 Å². The summed E-state index contributed by atoms with van der Waals surface area (Å²) in [4.78, 5) is 0. The number of fused-ring (bicyclic) bond motifs is 1. The van der Waals surface area contributed by atoms with Crippen LogP contribution in [0.2, 0.25) is 0 Å². The van der Waals surface area contributed by atoms with E-state index in [1.54, 1.807) is 0 Å². The molecule has 3 aromatic rings. The smallest absolute Gasteiger partial charge is 0.0339 e. The SMILES string of the molecule is BrC(=C1C(c2ccccc2)=C(Br)c2ccccc21)c1ccccc1. The van der Waals surface area contributed by atoms with Gasteiger partial charge in [-0.25, -0.2) is 0 Å². The highest BCUT2D eigenvalue weighted by atomic mass is 79.9. The van der Waals surface area contributed by atoms with Crippen molar-refractivity contribution in [3.05, 3.63) is 107 Å². The van der Waals surface area contributed by atoms with Gasteiger partial charge in [-0.15, -0.1) is 0 Å². The van der Waals surface area contributed by atoms with Gasteiger partial charge in [0.1, 0.15) is 0 Å². The first kappa shape index (κ1) is 15.6. The molecular weight excluding hydrogens is 424 g/mol. The minimum atomic E-state index is 1.11. The third-order valence-corrected chi connectivity index (χ3v) is 5.89. The van der Waals surface area contributed by atoms with Crippen LogP contribution in [0.25, 0.3) is 20.1 Å². The van der Waals surface area contributed by atoms with E-state index in [4.69, 9.17) is 0 Å². The van der Waals surface area contributed by atoms with E-state index < -0.39 is 0 Å². The molecule has 0 saturated heterocycles. The van der Waals surface area contributed by atoms with Crippen LogP contribution in [0.4, 0.5) is 0 Å². The molecule has 0 bridgehead atoms. The third kappa shape index (κ3) is 2.60. The fourth-order valence-electron chi connectivity index (χ4n) is 3.10. The van der Waals surface area contributed by atoms with Crippen molar-refractivity contribution in [2.75, 3.05) is 0 Å². The van der Waals surface area contributed by atoms with Crippen LogP contribution < -0.4 is 0 Å². The van der Waals surface area contributed by atoms with Gasteiger partial charge in [-0.2, -0.15) is 0 Å². The quantitative estimate of drug-likeness (QED) is 0.396. The van der Waals surface area contributed by atoms with Crippen molar-refractivity contribution >= 4 is 52.0 Å². The summed E-state index contributed by atoms with van der Waals surface area (Å²) in [7, 11) is 0. The topological polar surface area (TPSA) is 0 Å². The van der Waals surface area contributed by atoms with Crippen LogP contribution in [-0.2, 0) is 0 Å². The molecule has 0 radical (unpaired) electrons. The third-order valence-electron chi connectivity index (χ3n) is 4.21. The molecule has 0 saturated carbocycles. The Labute approximate surface area is 158 Å². The maximum absolute atomic E-state index is 3.87. The molecule has 0 atom stereocenters. The van der Waals surface area contributed by atoms with E-state index in [-0.39, 0.29) is 0 Å². The highest BCUT2D eigenvalue weighted by molar-refractivity contribution is 9.15. The molecule has 0 aromatic heterocycles. The van der Waals surface area contributed by atoms with Gasteiger partial charge in [0.2, 0.25) is 0 Å². The summed E-state index contributed by atoms with van der Waals surface area (Å²) < 4.78 is 2.26. The zero-order valence-corrected chi connectivity index (χ0v) is 16.0. The first-order valence-electron chi connectivity index (χ1n) is 7.78. The second kappa shape index (κ2) is 6.54. The molecule has 4 rings (SSSR count). The van der Waals surface area contributed by atoms with E-state index in [0.29, 0.717) is 0 Å². The average Bonchev–Trinajstić information content (AvgIpc) is 2.95. The largest absolute Gasteiger partial charge is 0.0622 e. The van der Waals surface area contributed by atoms with Crippen LogP contribution in [-0.4, -0.2) is 0 Å². The predicted molar refractivity (Wildman–Crippen MR) is 111 cm³/mol. The van der Waals surface area contributed by atoms with Gasteiger partial charge in [-0.3, -0.25) is 0 Å². The lowest BCUT2D eigenvalue weighted by atomic mass is 9.95. The molecule has 116 valence electrons. The molecule has 0 amide bonds. The highest BCUT2D eigenvalue weighted by Crippen LogP contribution is 2.52. The van der Waals surface area contributed by atoms with Gasteiger partial charge in [-0.05, 0) is 54.1 Å². The highest BCUT2D eigenvalue weighted by Gasteiger charge is 2.28. The van der Waals surface area contributed by atoms with Crippen molar-refractivity contribution in [1.82, 2.24) is 0 Å². The van der Waals surface area contributed by atoms with Crippen LogP contribution in [0.3, 0.4) is 0 Å². The Hall–Kier alpha value is -1.90. The van der Waals surface area contributed by atoms with E-state index in [1.165, 1.54) is 33.4 Å². The number of allylic oxidation sites excluding steroid dienone is 2. The molecule has 0 fully saturated rings. The van der Waals surface area contributed by atoms with Crippen molar-refractivity contribution in [1.29, 1.82) is 0 Å². The molecule has 0 spiro atoms. The Morgan fingerprint density at radius 2 is 1.17 bits per heavy atom. The summed E-state index contributed by atoms with van der Waals surface area (Å²) in [6.45, 7) is 0. The van der Waals surface area contributed by atoms with Crippen molar-refractivity contribution in [3.63, 3.8) is 0 Å². The first-order chi connectivity index (χ1) is 11.8. The Balaban J connectivity index is 2.03. The number of hydrogen-bond acceptors (Lipinski definition) is 0. The molecular formula is C22H14Br2. The fourth-order valence-corrected chi connectivity index (χ4v) is 4.55. The fraction of sp³-hybridized carbons (Fsp3) is 0. The Kier molecular flexibility index (Phi) is 4.26. The molecule has 1 aliphatic rings. The number of benzene rings is 3. The zero-order chi connectivity index (χ0) is 16.5. The summed E-state index contributed by atoms with van der Waals surface area (Å²) in [5.74, 6) is 0. The van der Waals surface area contributed by atoms with Crippen LogP contribution in [0, 0.1) is 0 Å². The van der Waals surface area contributed by atoms with Gasteiger partial charge in [0, 0.05) is 20.1 Å². The van der Waals surface area contributed by atoms with Gasteiger partial charge < -0.3 is 0 Å². The number of rotatable bonds is 2. The Bertz CT molecular complexity index is 952. The predicted octanol–water partition coefficient (Wildman–Crippen LogP) is 7.23. The minimum absolute atomic E-state index is 1.11. The molecule has 24 heavy (non-hydrogen) atoms. The van der Waals surface area contributed by atoms with Gasteiger partial charge >= 0.3 is 0 Å². The van der Waals surface area contributed by atoms with Crippen LogP contribution in [0.1, 0.15) is 22.3 Å². The van der Waals surface area contributed by atoms with E-state index in [1.807, 2.05) is 6.07 Å². The molecule has 0 unspecified atom stereocenters. The van der Waals surface area contributed by atoms with Gasteiger partial charge in [0.25, 0.3) is 0 Å². The summed E-state index contributed by atoms with van der Waals surface area (Å²) in [6.07, 6.45) is 0. The Morgan fingerprint density at radius 1 is 0.625 bits per heavy atom. The van der Waals surface area contributed by atoms with Gasteiger partial charge in [0.15, 0.2) is 0 Å². The molecule has 0 nitrogen and oxygen atoms in total. The molecule has 0 heterocycles. The molecule has 3 aromatic carbocycles. The molecule has 0 N–H and O–H groups in total. The Morgan fingerprint density at radius 3 is 1.83 bits per heavy atom. The normalized spacial score (nSPS) is 15.4. The van der Waals surface area contributed by atoms with Gasteiger partial charge in [0.05, 0.1) is 0 Å². The second-order valence-corrected chi connectivity index (χ2v) is 7.24. The maximum Gasteiger partial charge on any atom is 0.0339 e. The summed E-state index contributed by atoms with van der Waals surface area (Å²) >= 11 is 7.72. The van der Waals surface area contributed by atoms with Gasteiger partial charge in [-0.1, -0.05) is 84.9 Å². The number of halogens is 2. The first-order valence-corrected chi connectivity index (χ1v) is 9.36. The van der Waals surface area contributed by atoms with Crippen molar-refractivity contribution in [2.45, 2.75) is 0 Å². The summed E-state index contributed by atoms with van der Waals surface area (Å²) in [5.41, 5.74) is 7.34. The number of hydrogen-bond donors (Lipinski definition) is 0. The summed E-state index contributed by atoms with van der Waals surface area (Å²) in [5, 5.41) is 0. The monoisotopic (exact) mass is 436 g/mol. The average molecular weight is 438 g/mol. The minimum Gasteiger partial charge on any atom is -0.0622 e. The van der Waals surface area contributed by atoms with Crippen LogP contribution in [0.5, 0.6) is 0 Å². The van der Waals surface area contributed by atoms with Crippen LogP contribution >= 0.6 is 31.9 Å². The van der Waals surface area contributed by atoms with Crippen LogP contribution in [0.15, 0.2) is 84.9 Å². The lowest BCUT2D eigenvalue weighted by molar-refractivity contribution is 1.60. The van der Waals surface area contributed by atoms with E-state index >= 15 is 0 Å². The zero-order valence-electron chi connectivity index (χ0n) is 12.8. The van der Waals surface area contributed by atoms with Crippen molar-refractivity contribution in [2.24, 2.45) is 0 Å². The lowest BCUT2D eigenvalue weighted by Crippen LogP contribution is -1.89. The van der Waals surface area contributed by atoms with E-state index in [2.05, 4.69) is 111 Å². The lowest BCUT2D eigenvalue weighted by Gasteiger charge is -2.12. The molecule has 2 heteroatoms.